The van der Waals surface area contributed by atoms with Crippen molar-refractivity contribution in [1.29, 1.82) is 0 Å². The minimum Gasteiger partial charge on any atom is -0.478 e. The molecule has 0 saturated heterocycles. The highest BCUT2D eigenvalue weighted by Crippen LogP contribution is 2.02. The van der Waals surface area contributed by atoms with E-state index < -0.39 is 17.6 Å². The zero-order chi connectivity index (χ0) is 12.7. The first-order valence-electron chi connectivity index (χ1n) is 4.49. The lowest BCUT2D eigenvalue weighted by atomic mass is 10.2. The second-order valence-electron chi connectivity index (χ2n) is 2.79. The monoisotopic (exact) mass is 235 g/mol. The molecule has 0 bridgehead atoms. The van der Waals surface area contributed by atoms with Crippen molar-refractivity contribution in [3.63, 3.8) is 0 Å². The number of hydrogen-bond acceptors (Lipinski definition) is 4. The molecule has 0 fully saturated rings. The Morgan fingerprint density at radius 1 is 1.12 bits per heavy atom. The van der Waals surface area contributed by atoms with Crippen molar-refractivity contribution in [3.8, 4) is 0 Å². The highest BCUT2D eigenvalue weighted by atomic mass is 16.4. The number of hydrogen-bond donors (Lipinski definition) is 3. The molecule has 2 rings (SSSR count). The molecule has 3 N–H and O–H groups in total. The third-order valence-electron chi connectivity index (χ3n) is 1.65. The van der Waals surface area contributed by atoms with Crippen LogP contribution in [0.4, 0.5) is 0 Å². The van der Waals surface area contributed by atoms with Crippen LogP contribution < -0.4 is 0 Å². The number of aromatic nitrogens is 3. The maximum Gasteiger partial charge on any atom is 0.357 e. The third kappa shape index (κ3) is 3.74. The van der Waals surface area contributed by atoms with Crippen molar-refractivity contribution in [1.82, 2.24) is 15.2 Å². The molecule has 0 saturated carbocycles. The lowest BCUT2D eigenvalue weighted by molar-refractivity contribution is 0.0645. The number of rotatable bonds is 2. The van der Waals surface area contributed by atoms with Crippen LogP contribution in [0.1, 0.15) is 20.8 Å². The predicted octanol–water partition coefficient (Wildman–Crippen LogP) is 0.888. The van der Waals surface area contributed by atoms with Gasteiger partial charge in [-0.1, -0.05) is 0 Å². The fourth-order valence-electron chi connectivity index (χ4n) is 0.940. The lowest BCUT2D eigenvalue weighted by Gasteiger charge is -1.96. The second kappa shape index (κ2) is 6.01. The summed E-state index contributed by atoms with van der Waals surface area (Å²) in [4.78, 5) is 23.6. The molecule has 0 aliphatic heterocycles. The molecule has 0 spiro atoms. The number of H-pyrrole nitrogens is 1. The maximum atomic E-state index is 10.4. The standard InChI is InChI=1S/C6H4N2O4.C4H5N/c9-5(10)3-1-2-7-8-4(3)6(11)12;1-2-4-5-3-1/h1-2H,(H,9,10)(H,11,12);1-5H. The first-order chi connectivity index (χ1) is 8.13. The van der Waals surface area contributed by atoms with Crippen molar-refractivity contribution < 1.29 is 19.8 Å². The molecule has 17 heavy (non-hydrogen) atoms. The summed E-state index contributed by atoms with van der Waals surface area (Å²) in [5.41, 5.74) is -0.914. The van der Waals surface area contributed by atoms with Crippen molar-refractivity contribution >= 4 is 11.9 Å². The second-order valence-corrected chi connectivity index (χ2v) is 2.79. The topological polar surface area (TPSA) is 116 Å². The summed E-state index contributed by atoms with van der Waals surface area (Å²) < 4.78 is 0. The number of aromatic carboxylic acids is 2. The smallest absolute Gasteiger partial charge is 0.357 e. The predicted molar refractivity (Wildman–Crippen MR) is 56.7 cm³/mol. The maximum absolute atomic E-state index is 10.4. The van der Waals surface area contributed by atoms with Gasteiger partial charge in [0.15, 0.2) is 5.69 Å². The Kier molecular flexibility index (Phi) is 4.37. The Labute approximate surface area is 95.8 Å². The third-order valence-corrected chi connectivity index (χ3v) is 1.65. The number of carboxylic acid groups (broad SMARTS) is 2. The molecule has 0 atom stereocenters. The highest BCUT2D eigenvalue weighted by Gasteiger charge is 2.16. The molecular formula is C10H9N3O4. The molecule has 0 radical (unpaired) electrons. The van der Waals surface area contributed by atoms with Gasteiger partial charge in [-0.05, 0) is 18.2 Å². The van der Waals surface area contributed by atoms with E-state index >= 15 is 0 Å². The van der Waals surface area contributed by atoms with Gasteiger partial charge in [0.05, 0.1) is 11.8 Å². The van der Waals surface area contributed by atoms with Crippen LogP contribution in [0.25, 0.3) is 0 Å². The summed E-state index contributed by atoms with van der Waals surface area (Å²) in [6, 6.07) is 4.97. The van der Waals surface area contributed by atoms with Gasteiger partial charge in [0, 0.05) is 12.4 Å². The molecule has 2 aromatic heterocycles. The van der Waals surface area contributed by atoms with Gasteiger partial charge in [0.25, 0.3) is 0 Å². The highest BCUT2D eigenvalue weighted by molar-refractivity contribution is 5.99. The largest absolute Gasteiger partial charge is 0.478 e. The molecule has 7 nitrogen and oxygen atoms in total. The van der Waals surface area contributed by atoms with Gasteiger partial charge >= 0.3 is 11.9 Å². The fourth-order valence-corrected chi connectivity index (χ4v) is 0.940. The van der Waals surface area contributed by atoms with Crippen LogP contribution in [0.3, 0.4) is 0 Å². The van der Waals surface area contributed by atoms with Gasteiger partial charge in [-0.3, -0.25) is 0 Å². The van der Waals surface area contributed by atoms with Crippen molar-refractivity contribution in [2.75, 3.05) is 0 Å². The van der Waals surface area contributed by atoms with Crippen LogP contribution in [-0.2, 0) is 0 Å². The fraction of sp³-hybridized carbons (Fsp3) is 0. The van der Waals surface area contributed by atoms with Crippen molar-refractivity contribution in [2.24, 2.45) is 0 Å². The summed E-state index contributed by atoms with van der Waals surface area (Å²) in [7, 11) is 0. The van der Waals surface area contributed by atoms with Crippen molar-refractivity contribution in [3.05, 3.63) is 48.0 Å². The Bertz CT molecular complexity index is 446. The number of nitrogens with one attached hydrogen (secondary N) is 1. The molecule has 2 aromatic rings. The van der Waals surface area contributed by atoms with Crippen LogP contribution in [-0.4, -0.2) is 37.3 Å². The minimum atomic E-state index is -1.40. The number of aromatic amines is 1. The minimum absolute atomic E-state index is 0.363. The summed E-state index contributed by atoms with van der Waals surface area (Å²) in [5, 5.41) is 23.4. The summed E-state index contributed by atoms with van der Waals surface area (Å²) in [6.45, 7) is 0. The molecule has 0 aliphatic carbocycles. The van der Waals surface area contributed by atoms with Crippen LogP contribution in [0, 0.1) is 0 Å². The number of carbonyl (C=O) groups is 2. The van der Waals surface area contributed by atoms with E-state index in [4.69, 9.17) is 10.2 Å². The van der Waals surface area contributed by atoms with Gasteiger partial charge in [-0.25, -0.2) is 9.59 Å². The van der Waals surface area contributed by atoms with Crippen LogP contribution in [0.2, 0.25) is 0 Å². The molecule has 88 valence electrons. The van der Waals surface area contributed by atoms with E-state index in [1.165, 1.54) is 0 Å². The van der Waals surface area contributed by atoms with Crippen LogP contribution in [0.5, 0.6) is 0 Å². The van der Waals surface area contributed by atoms with E-state index in [1.54, 1.807) is 0 Å². The van der Waals surface area contributed by atoms with E-state index in [9.17, 15) is 9.59 Å². The SMILES string of the molecule is O=C(O)c1ccnnc1C(=O)O.c1cc[nH]c1. The normalized spacial score (nSPS) is 8.94. The van der Waals surface area contributed by atoms with Gasteiger partial charge in [0.1, 0.15) is 0 Å². The zero-order valence-electron chi connectivity index (χ0n) is 8.57. The van der Waals surface area contributed by atoms with Gasteiger partial charge < -0.3 is 15.2 Å². The molecule has 0 amide bonds. The number of carboxylic acids is 2. The van der Waals surface area contributed by atoms with E-state index in [0.717, 1.165) is 12.3 Å². The van der Waals surface area contributed by atoms with E-state index in [0.29, 0.717) is 0 Å². The van der Waals surface area contributed by atoms with E-state index in [-0.39, 0.29) is 5.56 Å². The van der Waals surface area contributed by atoms with Crippen molar-refractivity contribution in [2.45, 2.75) is 0 Å². The van der Waals surface area contributed by atoms with Crippen LogP contribution in [0.15, 0.2) is 36.8 Å². The Morgan fingerprint density at radius 2 is 1.76 bits per heavy atom. The van der Waals surface area contributed by atoms with Gasteiger partial charge in [-0.2, -0.15) is 5.10 Å². The Morgan fingerprint density at radius 3 is 2.12 bits per heavy atom. The average molecular weight is 235 g/mol. The summed E-state index contributed by atoms with van der Waals surface area (Å²) >= 11 is 0. The van der Waals surface area contributed by atoms with Crippen LogP contribution >= 0.6 is 0 Å². The summed E-state index contributed by atoms with van der Waals surface area (Å²) in [6.07, 6.45) is 4.87. The lowest BCUT2D eigenvalue weighted by Crippen LogP contribution is -2.10. The van der Waals surface area contributed by atoms with E-state index in [2.05, 4.69) is 15.2 Å². The molecule has 0 aromatic carbocycles. The van der Waals surface area contributed by atoms with Gasteiger partial charge in [0.2, 0.25) is 0 Å². The molecule has 0 aliphatic rings. The van der Waals surface area contributed by atoms with E-state index in [1.807, 2.05) is 24.5 Å². The van der Waals surface area contributed by atoms with Gasteiger partial charge in [-0.15, -0.1) is 5.10 Å². The first-order valence-corrected chi connectivity index (χ1v) is 4.49. The zero-order valence-corrected chi connectivity index (χ0v) is 8.57. The molecule has 0 unspecified atom stereocenters. The molecule has 2 heterocycles. The first kappa shape index (κ1) is 12.4. The number of nitrogens with zero attached hydrogens (tertiary/aromatic N) is 2. The molecular weight excluding hydrogens is 226 g/mol. The summed E-state index contributed by atoms with van der Waals surface area (Å²) in [5.74, 6) is -2.73. The Hall–Kier alpha value is -2.70. The Balaban J connectivity index is 0.000000239. The molecule has 7 heteroatoms. The average Bonchev–Trinajstić information content (AvgIpc) is 2.87. The quantitative estimate of drug-likeness (QED) is 0.711.